The van der Waals surface area contributed by atoms with Crippen LogP contribution in [0.5, 0.6) is 0 Å². The van der Waals surface area contributed by atoms with E-state index in [1.54, 1.807) is 17.8 Å². The van der Waals surface area contributed by atoms with E-state index in [0.29, 0.717) is 5.39 Å². The third-order valence-electron chi connectivity index (χ3n) is 4.00. The Bertz CT molecular complexity index is 800. The minimum absolute atomic E-state index is 0. The van der Waals surface area contributed by atoms with Gasteiger partial charge in [0.05, 0.1) is 12.2 Å². The number of allylic oxidation sites excluding steroid dienone is 1. The molecule has 22 heavy (non-hydrogen) atoms. The topological polar surface area (TPSA) is 15.6 Å². The Labute approximate surface area is 143 Å². The number of hydrogen-bond donors (Lipinski definition) is 0. The number of halogens is 2. The van der Waals surface area contributed by atoms with E-state index >= 15 is 0 Å². The van der Waals surface area contributed by atoms with E-state index in [-0.39, 0.29) is 22.8 Å². The summed E-state index contributed by atoms with van der Waals surface area (Å²) in [6.45, 7) is 3.94. The molecule has 0 atom stereocenters. The SMILES string of the molecule is Br.CCC1=C(c2cccc3c(F)cccc23)N2CCN=C2S1. The molecule has 0 radical (unpaired) electrons. The Hall–Kier alpha value is -1.33. The smallest absolute Gasteiger partial charge is 0.168 e. The third kappa shape index (κ3) is 2.27. The second-order valence-corrected chi connectivity index (χ2v) is 6.25. The van der Waals surface area contributed by atoms with Crippen LogP contribution in [0.4, 0.5) is 4.39 Å². The van der Waals surface area contributed by atoms with Crippen LogP contribution in [0.1, 0.15) is 18.9 Å². The summed E-state index contributed by atoms with van der Waals surface area (Å²) in [5, 5.41) is 2.76. The van der Waals surface area contributed by atoms with E-state index in [2.05, 4.69) is 22.9 Å². The summed E-state index contributed by atoms with van der Waals surface area (Å²) in [5.41, 5.74) is 2.33. The molecule has 0 bridgehead atoms. The minimum atomic E-state index is -0.158. The molecule has 0 unspecified atom stereocenters. The fourth-order valence-corrected chi connectivity index (χ4v) is 4.17. The molecular weight excluding hydrogens is 363 g/mol. The predicted octanol–water partition coefficient (Wildman–Crippen LogP) is 5.05. The van der Waals surface area contributed by atoms with E-state index in [1.807, 2.05) is 18.2 Å². The van der Waals surface area contributed by atoms with E-state index < -0.39 is 0 Å². The van der Waals surface area contributed by atoms with Crippen molar-refractivity contribution in [1.29, 1.82) is 0 Å². The predicted molar refractivity (Wildman–Crippen MR) is 98.0 cm³/mol. The average molecular weight is 379 g/mol. The van der Waals surface area contributed by atoms with Crippen LogP contribution in [0.25, 0.3) is 16.5 Å². The lowest BCUT2D eigenvalue weighted by atomic mass is 10.0. The number of benzene rings is 2. The van der Waals surface area contributed by atoms with E-state index in [1.165, 1.54) is 16.7 Å². The normalized spacial score (nSPS) is 16.8. The summed E-state index contributed by atoms with van der Waals surface area (Å²) >= 11 is 1.76. The fraction of sp³-hybridized carbons (Fsp3) is 0.235. The lowest BCUT2D eigenvalue weighted by molar-refractivity contribution is 0.639. The van der Waals surface area contributed by atoms with Gasteiger partial charge in [-0.05, 0) is 17.9 Å². The van der Waals surface area contributed by atoms with Gasteiger partial charge in [-0.15, -0.1) is 17.0 Å². The van der Waals surface area contributed by atoms with Crippen molar-refractivity contribution in [3.63, 3.8) is 0 Å². The number of hydrogen-bond acceptors (Lipinski definition) is 3. The van der Waals surface area contributed by atoms with Crippen molar-refractivity contribution >= 4 is 50.4 Å². The Balaban J connectivity index is 0.00000144. The zero-order chi connectivity index (χ0) is 14.4. The summed E-state index contributed by atoms with van der Waals surface area (Å²) in [6, 6.07) is 11.2. The maximum Gasteiger partial charge on any atom is 0.168 e. The minimum Gasteiger partial charge on any atom is -0.318 e. The number of fused-ring (bicyclic) bond motifs is 2. The first kappa shape index (κ1) is 15.6. The van der Waals surface area contributed by atoms with Gasteiger partial charge in [-0.3, -0.25) is 4.99 Å². The van der Waals surface area contributed by atoms with Crippen LogP contribution in [0.3, 0.4) is 0 Å². The summed E-state index contributed by atoms with van der Waals surface area (Å²) in [5.74, 6) is -0.158. The molecule has 0 N–H and O–H groups in total. The van der Waals surface area contributed by atoms with Gasteiger partial charge in [0.15, 0.2) is 5.17 Å². The molecular formula is C17H16BrFN2S. The summed E-state index contributed by atoms with van der Waals surface area (Å²) in [4.78, 5) is 8.16. The van der Waals surface area contributed by atoms with Crippen LogP contribution in [-0.2, 0) is 0 Å². The van der Waals surface area contributed by atoms with Crippen LogP contribution in [-0.4, -0.2) is 23.2 Å². The van der Waals surface area contributed by atoms with Gasteiger partial charge in [0.2, 0.25) is 0 Å². The number of nitrogens with zero attached hydrogens (tertiary/aromatic N) is 2. The Morgan fingerprint density at radius 2 is 1.95 bits per heavy atom. The zero-order valence-corrected chi connectivity index (χ0v) is 14.7. The molecule has 2 aliphatic heterocycles. The Morgan fingerprint density at radius 3 is 2.77 bits per heavy atom. The van der Waals surface area contributed by atoms with Crippen molar-refractivity contribution in [2.45, 2.75) is 13.3 Å². The second kappa shape index (κ2) is 6.05. The van der Waals surface area contributed by atoms with Gasteiger partial charge in [-0.1, -0.05) is 49.0 Å². The van der Waals surface area contributed by atoms with Crippen LogP contribution >= 0.6 is 28.7 Å². The molecule has 0 aromatic heterocycles. The number of amidine groups is 1. The maximum absolute atomic E-state index is 14.0. The van der Waals surface area contributed by atoms with E-state index in [0.717, 1.165) is 35.6 Å². The van der Waals surface area contributed by atoms with Crippen molar-refractivity contribution in [2.24, 2.45) is 4.99 Å². The number of rotatable bonds is 2. The fourth-order valence-electron chi connectivity index (χ4n) is 3.04. The average Bonchev–Trinajstić information content (AvgIpc) is 3.07. The first-order valence-corrected chi connectivity index (χ1v) is 8.02. The lowest BCUT2D eigenvalue weighted by Crippen LogP contribution is -2.20. The highest BCUT2D eigenvalue weighted by Gasteiger charge is 2.32. The molecule has 4 rings (SSSR count). The van der Waals surface area contributed by atoms with Crippen molar-refractivity contribution in [1.82, 2.24) is 4.90 Å². The van der Waals surface area contributed by atoms with Gasteiger partial charge in [-0.25, -0.2) is 4.39 Å². The van der Waals surface area contributed by atoms with E-state index in [9.17, 15) is 4.39 Å². The summed E-state index contributed by atoms with van der Waals surface area (Å²) in [7, 11) is 0. The van der Waals surface area contributed by atoms with Gasteiger partial charge in [0.1, 0.15) is 5.82 Å². The molecule has 2 nitrogen and oxygen atoms in total. The quantitative estimate of drug-likeness (QED) is 0.725. The highest BCUT2D eigenvalue weighted by atomic mass is 79.9. The molecule has 0 spiro atoms. The van der Waals surface area contributed by atoms with Crippen LogP contribution < -0.4 is 0 Å². The molecule has 2 aliphatic rings. The van der Waals surface area contributed by atoms with Crippen molar-refractivity contribution in [3.8, 4) is 0 Å². The van der Waals surface area contributed by atoms with Crippen molar-refractivity contribution in [3.05, 3.63) is 52.7 Å². The van der Waals surface area contributed by atoms with Gasteiger partial charge < -0.3 is 4.90 Å². The Morgan fingerprint density at radius 1 is 1.18 bits per heavy atom. The highest BCUT2D eigenvalue weighted by Crippen LogP contribution is 2.44. The first-order chi connectivity index (χ1) is 10.3. The third-order valence-corrected chi connectivity index (χ3v) is 5.26. The first-order valence-electron chi connectivity index (χ1n) is 7.20. The van der Waals surface area contributed by atoms with Gasteiger partial charge in [0.25, 0.3) is 0 Å². The second-order valence-electron chi connectivity index (χ2n) is 5.18. The molecule has 114 valence electrons. The monoisotopic (exact) mass is 378 g/mol. The van der Waals surface area contributed by atoms with Crippen molar-refractivity contribution < 1.29 is 4.39 Å². The summed E-state index contributed by atoms with van der Waals surface area (Å²) in [6.07, 6.45) is 0.973. The summed E-state index contributed by atoms with van der Waals surface area (Å²) < 4.78 is 14.0. The molecule has 2 heterocycles. The molecule has 0 amide bonds. The number of aliphatic imine (C=N–C) groups is 1. The largest absolute Gasteiger partial charge is 0.318 e. The Kier molecular flexibility index (Phi) is 4.28. The molecule has 0 aliphatic carbocycles. The number of thioether (sulfide) groups is 1. The van der Waals surface area contributed by atoms with Crippen LogP contribution in [0, 0.1) is 5.82 Å². The molecule has 0 fully saturated rings. The van der Waals surface area contributed by atoms with Gasteiger partial charge >= 0.3 is 0 Å². The molecule has 0 saturated heterocycles. The van der Waals surface area contributed by atoms with Gasteiger partial charge in [-0.2, -0.15) is 0 Å². The molecule has 2 aromatic carbocycles. The van der Waals surface area contributed by atoms with Crippen LogP contribution in [0.15, 0.2) is 46.3 Å². The molecule has 2 aromatic rings. The van der Waals surface area contributed by atoms with Crippen molar-refractivity contribution in [2.75, 3.05) is 13.1 Å². The van der Waals surface area contributed by atoms with E-state index in [4.69, 9.17) is 0 Å². The standard InChI is InChI=1S/C17H15FN2S.BrH/c1-2-15-16(20-10-9-19-17(20)21-15)13-7-3-6-12-11(13)5-4-8-14(12)18;/h3-8H,2,9-10H2,1H3;1H. The zero-order valence-electron chi connectivity index (χ0n) is 12.2. The molecule has 5 heteroatoms. The maximum atomic E-state index is 14.0. The lowest BCUT2D eigenvalue weighted by Gasteiger charge is -2.19. The highest BCUT2D eigenvalue weighted by molar-refractivity contribution is 8.93. The van der Waals surface area contributed by atoms with Gasteiger partial charge in [0, 0.05) is 22.4 Å². The van der Waals surface area contributed by atoms with Crippen LogP contribution in [0.2, 0.25) is 0 Å². The molecule has 0 saturated carbocycles.